The first kappa shape index (κ1) is 11.9. The molecule has 92 valence electrons. The largest absolute Gasteiger partial charge is 0.417 e. The third-order valence-electron chi connectivity index (χ3n) is 2.70. The van der Waals surface area contributed by atoms with Crippen molar-refractivity contribution < 1.29 is 13.2 Å². The van der Waals surface area contributed by atoms with Crippen molar-refractivity contribution >= 4 is 11.0 Å². The zero-order valence-corrected chi connectivity index (χ0v) is 9.42. The van der Waals surface area contributed by atoms with Crippen LogP contribution in [0.25, 0.3) is 11.0 Å². The molecule has 6 heteroatoms. The van der Waals surface area contributed by atoms with Crippen LogP contribution in [-0.4, -0.2) is 9.55 Å². The number of nitrogens with two attached hydrogens (primary N) is 1. The van der Waals surface area contributed by atoms with E-state index in [2.05, 4.69) is 4.98 Å². The van der Waals surface area contributed by atoms with Crippen molar-refractivity contribution in [3.05, 3.63) is 29.6 Å². The van der Waals surface area contributed by atoms with Gasteiger partial charge in [0.05, 0.1) is 5.56 Å². The average Bonchev–Trinajstić information content (AvgIpc) is 2.54. The second-order valence-corrected chi connectivity index (χ2v) is 4.05. The van der Waals surface area contributed by atoms with Crippen molar-refractivity contribution in [2.75, 3.05) is 0 Å². The molecular weight excluding hydrogens is 231 g/mol. The molecule has 17 heavy (non-hydrogen) atoms. The van der Waals surface area contributed by atoms with E-state index in [-0.39, 0.29) is 6.04 Å². The fourth-order valence-corrected chi connectivity index (χ4v) is 1.83. The number of aromatic nitrogens is 2. The Kier molecular flexibility index (Phi) is 2.61. The van der Waals surface area contributed by atoms with Crippen LogP contribution in [0.2, 0.25) is 0 Å². The predicted molar refractivity (Wildman–Crippen MR) is 58.3 cm³/mol. The van der Waals surface area contributed by atoms with Gasteiger partial charge in [0.1, 0.15) is 5.65 Å². The van der Waals surface area contributed by atoms with Crippen LogP contribution in [0.5, 0.6) is 0 Å². The van der Waals surface area contributed by atoms with Gasteiger partial charge in [-0.1, -0.05) is 0 Å². The van der Waals surface area contributed by atoms with Crippen molar-refractivity contribution in [2.45, 2.75) is 19.1 Å². The van der Waals surface area contributed by atoms with Crippen LogP contribution in [0, 0.1) is 0 Å². The fraction of sp³-hybridized carbons (Fsp3) is 0.364. The Bertz CT molecular complexity index is 555. The van der Waals surface area contributed by atoms with Gasteiger partial charge in [0.15, 0.2) is 0 Å². The van der Waals surface area contributed by atoms with E-state index in [1.807, 2.05) is 0 Å². The molecule has 1 atom stereocenters. The van der Waals surface area contributed by atoms with E-state index in [4.69, 9.17) is 5.73 Å². The van der Waals surface area contributed by atoms with Crippen molar-refractivity contribution in [1.29, 1.82) is 0 Å². The molecule has 1 unspecified atom stereocenters. The third kappa shape index (κ3) is 2.00. The van der Waals surface area contributed by atoms with Crippen molar-refractivity contribution in [1.82, 2.24) is 9.55 Å². The first-order valence-corrected chi connectivity index (χ1v) is 5.09. The third-order valence-corrected chi connectivity index (χ3v) is 2.70. The highest BCUT2D eigenvalue weighted by Gasteiger charge is 2.31. The number of fused-ring (bicyclic) bond motifs is 1. The molecule has 0 spiro atoms. The van der Waals surface area contributed by atoms with Crippen molar-refractivity contribution in [3.8, 4) is 0 Å². The quantitative estimate of drug-likeness (QED) is 0.836. The number of rotatable bonds is 1. The minimum absolute atomic E-state index is 0.247. The number of pyridine rings is 1. The summed E-state index contributed by atoms with van der Waals surface area (Å²) in [6.07, 6.45) is -3.53. The lowest BCUT2D eigenvalue weighted by molar-refractivity contribution is -0.137. The minimum atomic E-state index is -4.37. The fourth-order valence-electron chi connectivity index (χ4n) is 1.83. The molecular formula is C11H12F3N3. The van der Waals surface area contributed by atoms with E-state index < -0.39 is 11.7 Å². The molecule has 2 rings (SSSR count). The van der Waals surface area contributed by atoms with Crippen LogP contribution >= 0.6 is 0 Å². The zero-order valence-electron chi connectivity index (χ0n) is 9.42. The first-order chi connectivity index (χ1) is 7.80. The molecule has 0 aliphatic rings. The van der Waals surface area contributed by atoms with Gasteiger partial charge < -0.3 is 10.3 Å². The van der Waals surface area contributed by atoms with Crippen molar-refractivity contribution in [3.63, 3.8) is 0 Å². The summed E-state index contributed by atoms with van der Waals surface area (Å²) >= 11 is 0. The van der Waals surface area contributed by atoms with E-state index >= 15 is 0 Å². The smallest absolute Gasteiger partial charge is 0.331 e. The summed E-state index contributed by atoms with van der Waals surface area (Å²) in [5, 5.41) is 0.453. The molecule has 0 aliphatic heterocycles. The lowest BCUT2D eigenvalue weighted by Crippen LogP contribution is -2.10. The molecule has 0 amide bonds. The van der Waals surface area contributed by atoms with Gasteiger partial charge in [0.2, 0.25) is 0 Å². The summed E-state index contributed by atoms with van der Waals surface area (Å²) in [5.74, 6) is 0. The maximum atomic E-state index is 12.5. The Labute approximate surface area is 96.0 Å². The monoisotopic (exact) mass is 243 g/mol. The summed E-state index contributed by atoms with van der Waals surface area (Å²) in [6.45, 7) is 1.78. The van der Waals surface area contributed by atoms with Crippen LogP contribution in [-0.2, 0) is 13.2 Å². The topological polar surface area (TPSA) is 43.8 Å². The SMILES string of the molecule is CC(N)c1cc2cc(C(F)(F)F)cnc2n1C. The van der Waals surface area contributed by atoms with Crippen LogP contribution in [0.3, 0.4) is 0 Å². The second kappa shape index (κ2) is 3.73. The van der Waals surface area contributed by atoms with Gasteiger partial charge in [0.25, 0.3) is 0 Å². The number of hydrogen-bond acceptors (Lipinski definition) is 2. The zero-order chi connectivity index (χ0) is 12.8. The number of nitrogens with zero attached hydrogens (tertiary/aromatic N) is 2. The number of alkyl halides is 3. The summed E-state index contributed by atoms with van der Waals surface area (Å²) in [6, 6.07) is 2.49. The lowest BCUT2D eigenvalue weighted by atomic mass is 10.2. The summed E-state index contributed by atoms with van der Waals surface area (Å²) in [7, 11) is 1.74. The maximum Gasteiger partial charge on any atom is 0.417 e. The highest BCUT2D eigenvalue weighted by Crippen LogP contribution is 2.31. The van der Waals surface area contributed by atoms with Gasteiger partial charge in [0, 0.05) is 30.4 Å². The van der Waals surface area contributed by atoms with Gasteiger partial charge in [-0.2, -0.15) is 13.2 Å². The van der Waals surface area contributed by atoms with Crippen LogP contribution < -0.4 is 5.73 Å². The maximum absolute atomic E-state index is 12.5. The molecule has 2 aromatic rings. The Hall–Kier alpha value is -1.56. The Morgan fingerprint density at radius 1 is 1.35 bits per heavy atom. The van der Waals surface area contributed by atoms with Gasteiger partial charge >= 0.3 is 6.18 Å². The summed E-state index contributed by atoms with van der Waals surface area (Å²) < 4.78 is 39.2. The molecule has 2 heterocycles. The van der Waals surface area contributed by atoms with Crippen LogP contribution in [0.1, 0.15) is 24.2 Å². The van der Waals surface area contributed by atoms with E-state index in [1.54, 1.807) is 24.6 Å². The highest BCUT2D eigenvalue weighted by molar-refractivity contribution is 5.78. The summed E-state index contributed by atoms with van der Waals surface area (Å²) in [5.41, 5.74) is 6.25. The Morgan fingerprint density at radius 2 is 2.00 bits per heavy atom. The van der Waals surface area contributed by atoms with E-state index in [0.717, 1.165) is 18.0 Å². The minimum Gasteiger partial charge on any atom is -0.331 e. The molecule has 2 N–H and O–H groups in total. The molecule has 0 aliphatic carbocycles. The van der Waals surface area contributed by atoms with Crippen LogP contribution in [0.4, 0.5) is 13.2 Å². The van der Waals surface area contributed by atoms with E-state index in [9.17, 15) is 13.2 Å². The van der Waals surface area contributed by atoms with Gasteiger partial charge in [-0.3, -0.25) is 0 Å². The standard InChI is InChI=1S/C11H12F3N3/c1-6(15)9-4-7-3-8(11(12,13)14)5-16-10(7)17(9)2/h3-6H,15H2,1-2H3. The molecule has 0 radical (unpaired) electrons. The molecule has 0 bridgehead atoms. The highest BCUT2D eigenvalue weighted by atomic mass is 19.4. The van der Waals surface area contributed by atoms with Gasteiger partial charge in [-0.15, -0.1) is 0 Å². The number of halogens is 3. The summed E-state index contributed by atoms with van der Waals surface area (Å²) in [4.78, 5) is 3.84. The average molecular weight is 243 g/mol. The van der Waals surface area contributed by atoms with Crippen LogP contribution in [0.15, 0.2) is 18.3 Å². The van der Waals surface area contributed by atoms with E-state index in [0.29, 0.717) is 11.0 Å². The second-order valence-electron chi connectivity index (χ2n) is 4.05. The van der Waals surface area contributed by atoms with Crippen molar-refractivity contribution in [2.24, 2.45) is 12.8 Å². The van der Waals surface area contributed by atoms with Gasteiger partial charge in [-0.05, 0) is 19.1 Å². The van der Waals surface area contributed by atoms with Gasteiger partial charge in [-0.25, -0.2) is 4.98 Å². The molecule has 2 aromatic heterocycles. The van der Waals surface area contributed by atoms with E-state index in [1.165, 1.54) is 0 Å². The number of hydrogen-bond donors (Lipinski definition) is 1. The molecule has 3 nitrogen and oxygen atoms in total. The Balaban J connectivity index is 2.64. The normalized spacial score (nSPS) is 14.2. The first-order valence-electron chi connectivity index (χ1n) is 5.09. The Morgan fingerprint density at radius 3 is 2.53 bits per heavy atom. The molecule has 0 saturated carbocycles. The molecule has 0 saturated heterocycles. The lowest BCUT2D eigenvalue weighted by Gasteiger charge is -2.07. The number of aryl methyl sites for hydroxylation is 1. The molecule has 0 fully saturated rings. The molecule has 0 aromatic carbocycles. The predicted octanol–water partition coefficient (Wildman–Crippen LogP) is 2.61.